The van der Waals surface area contributed by atoms with Gasteiger partial charge in [-0.15, -0.1) is 0 Å². The molecule has 1 fully saturated rings. The van der Waals surface area contributed by atoms with Crippen molar-refractivity contribution in [2.75, 3.05) is 20.1 Å². The van der Waals surface area contributed by atoms with Crippen LogP contribution in [0.5, 0.6) is 0 Å². The Kier molecular flexibility index (Phi) is 11.5. The Morgan fingerprint density at radius 1 is 1.32 bits per heavy atom. The van der Waals surface area contributed by atoms with E-state index >= 15 is 0 Å². The van der Waals surface area contributed by atoms with E-state index in [2.05, 4.69) is 38.5 Å². The second-order valence-electron chi connectivity index (χ2n) is 3.86. The fourth-order valence-corrected chi connectivity index (χ4v) is 12.7. The monoisotopic (exact) mass is 445 g/mol. The smallest absolute Gasteiger partial charge is 0.177 e. The van der Waals surface area contributed by atoms with E-state index < -0.39 is 0 Å². The molecule has 2 heterocycles. The second kappa shape index (κ2) is 12.6. The number of nitrogens with zero attached hydrogens (tertiary/aromatic N) is 3. The quantitative estimate of drug-likeness (QED) is 0.607. The lowest BCUT2D eigenvalue weighted by Gasteiger charge is -2.03. The Labute approximate surface area is 156 Å². The third-order valence-electron chi connectivity index (χ3n) is 2.54. The fourth-order valence-electron chi connectivity index (χ4n) is 1.71. The molecule has 0 radical (unpaired) electrons. The van der Waals surface area contributed by atoms with E-state index in [0.717, 1.165) is 25.1 Å². The number of aromatic nitrogens is 1. The molecule has 0 saturated carbocycles. The van der Waals surface area contributed by atoms with Crippen LogP contribution in [0, 0.1) is 11.3 Å². The molecule has 1 aliphatic heterocycles. The molecule has 0 N–H and O–H groups in total. The summed E-state index contributed by atoms with van der Waals surface area (Å²) in [7, 11) is 11.2. The summed E-state index contributed by atoms with van der Waals surface area (Å²) in [6, 6.07) is 3.91. The number of rotatable bonds is 1. The Hall–Kier alpha value is 0.160. The van der Waals surface area contributed by atoms with Gasteiger partial charge in [-0.2, -0.15) is 5.26 Å². The zero-order valence-electron chi connectivity index (χ0n) is 11.3. The lowest BCUT2D eigenvalue weighted by atomic mass is 10.1. The SMILES string of the molecule is CN1CC/C(=C(\C#N)c2ccno2)C1.S=S=S=S=S=S=S=S. The van der Waals surface area contributed by atoms with Crippen LogP contribution in [0.25, 0.3) is 5.57 Å². The highest BCUT2D eigenvalue weighted by Gasteiger charge is 2.19. The van der Waals surface area contributed by atoms with Crippen molar-refractivity contribution in [3.05, 3.63) is 23.6 Å². The van der Waals surface area contributed by atoms with Crippen LogP contribution >= 0.6 is 0 Å². The Morgan fingerprint density at radius 3 is 2.41 bits per heavy atom. The third kappa shape index (κ3) is 7.62. The molecule has 0 aliphatic carbocycles. The maximum absolute atomic E-state index is 9.03. The number of hydrogen-bond donors (Lipinski definition) is 0. The van der Waals surface area contributed by atoms with E-state index in [-0.39, 0.29) is 0 Å². The molecule has 1 aromatic heterocycles. The molecule has 1 aliphatic rings. The summed E-state index contributed by atoms with van der Waals surface area (Å²) in [6.07, 6.45) is 2.51. The molecule has 1 aromatic rings. The Bertz CT molecular complexity index is 775. The highest BCUT2D eigenvalue weighted by Crippen LogP contribution is 2.24. The van der Waals surface area contributed by atoms with Crippen molar-refractivity contribution in [1.82, 2.24) is 10.1 Å². The van der Waals surface area contributed by atoms with Gasteiger partial charge in [0.1, 0.15) is 6.07 Å². The maximum atomic E-state index is 9.03. The minimum atomic E-state index is 0.581. The van der Waals surface area contributed by atoms with Crippen LogP contribution < -0.4 is 0 Å². The van der Waals surface area contributed by atoms with Gasteiger partial charge in [-0.25, -0.2) is 0 Å². The van der Waals surface area contributed by atoms with Gasteiger partial charge in [0, 0.05) is 94.8 Å². The van der Waals surface area contributed by atoms with Crippen LogP contribution in [0.1, 0.15) is 12.2 Å². The van der Waals surface area contributed by atoms with Crippen LogP contribution in [0.15, 0.2) is 22.4 Å². The van der Waals surface area contributed by atoms with Crippen molar-refractivity contribution in [2.24, 2.45) is 0 Å². The zero-order valence-corrected chi connectivity index (χ0v) is 17.8. The predicted molar refractivity (Wildman–Crippen MR) is 110 cm³/mol. The van der Waals surface area contributed by atoms with Gasteiger partial charge < -0.3 is 9.42 Å². The highest BCUT2D eigenvalue weighted by molar-refractivity contribution is 8.70. The van der Waals surface area contributed by atoms with Crippen LogP contribution in [-0.4, -0.2) is 30.2 Å². The zero-order chi connectivity index (χ0) is 16.2. The summed E-state index contributed by atoms with van der Waals surface area (Å²) in [5, 5.41) is 12.6. The molecule has 4 nitrogen and oxygen atoms in total. The topological polar surface area (TPSA) is 53.1 Å². The van der Waals surface area contributed by atoms with Crippen LogP contribution in [0.3, 0.4) is 0 Å². The molecular weight excluding hydrogens is 435 g/mol. The standard InChI is InChI=1S/C10H11N3O.S8/c1-13-5-3-8(7-13)9(6-11)10-2-4-12-14-10;1-3-5-7-8-6-4-2/h2,4H,3,5,7H2,1H3;/b9-8-;. The summed E-state index contributed by atoms with van der Waals surface area (Å²) < 4.78 is 4.99. The van der Waals surface area contributed by atoms with Gasteiger partial charge in [0.05, 0.1) is 11.8 Å². The van der Waals surface area contributed by atoms with Crippen molar-refractivity contribution in [1.29, 1.82) is 5.26 Å². The average molecular weight is 446 g/mol. The fraction of sp³-hybridized carbons (Fsp3) is 0.400. The first kappa shape index (κ1) is 20.2. The molecule has 0 bridgehead atoms. The molecule has 1 saturated heterocycles. The molecule has 0 unspecified atom stereocenters. The van der Waals surface area contributed by atoms with E-state index in [1.165, 1.54) is 17.8 Å². The van der Waals surface area contributed by atoms with E-state index in [1.54, 1.807) is 47.8 Å². The molecule has 0 aromatic carbocycles. The molecule has 12 heteroatoms. The normalized spacial score (nSPS) is 15.6. The molecular formula is C10H11N3OS8. The van der Waals surface area contributed by atoms with E-state index in [4.69, 9.17) is 9.78 Å². The summed E-state index contributed by atoms with van der Waals surface area (Å²) in [6.45, 7) is 1.86. The minimum Gasteiger partial charge on any atom is -0.356 e. The van der Waals surface area contributed by atoms with Crippen molar-refractivity contribution in [2.45, 2.75) is 6.42 Å². The predicted octanol–water partition coefficient (Wildman–Crippen LogP) is 1.27. The maximum Gasteiger partial charge on any atom is 0.177 e. The summed E-state index contributed by atoms with van der Waals surface area (Å²) in [5.74, 6) is 0.581. The number of likely N-dealkylation sites (N-methyl/N-ethyl adjacent to an activating group) is 1. The molecule has 2 rings (SSSR count). The summed E-state index contributed by atoms with van der Waals surface area (Å²) >= 11 is 9.21. The van der Waals surface area contributed by atoms with Crippen LogP contribution in [0.2, 0.25) is 0 Å². The number of allylic oxidation sites excluding steroid dienone is 1. The van der Waals surface area contributed by atoms with E-state index in [9.17, 15) is 0 Å². The van der Waals surface area contributed by atoms with E-state index in [0.29, 0.717) is 11.3 Å². The van der Waals surface area contributed by atoms with Crippen LogP contribution in [-0.2, 0) is 75.7 Å². The molecule has 120 valence electrons. The van der Waals surface area contributed by atoms with Gasteiger partial charge in [-0.05, 0) is 19.0 Å². The number of hydrogen-bond acceptors (Lipinski definition) is 6. The van der Waals surface area contributed by atoms with Gasteiger partial charge in [0.15, 0.2) is 5.76 Å². The highest BCUT2D eigenvalue weighted by atomic mass is 33.4. The van der Waals surface area contributed by atoms with Gasteiger partial charge in [-0.1, -0.05) is 5.16 Å². The lowest BCUT2D eigenvalue weighted by molar-refractivity contribution is 0.410. The molecule has 0 spiro atoms. The van der Waals surface area contributed by atoms with Crippen molar-refractivity contribution in [3.63, 3.8) is 0 Å². The Morgan fingerprint density at radius 2 is 2.00 bits per heavy atom. The minimum absolute atomic E-state index is 0.581. The van der Waals surface area contributed by atoms with Crippen molar-refractivity contribution < 1.29 is 4.52 Å². The van der Waals surface area contributed by atoms with Gasteiger partial charge in [0.25, 0.3) is 0 Å². The van der Waals surface area contributed by atoms with E-state index in [1.807, 2.05) is 7.05 Å². The summed E-state index contributed by atoms with van der Waals surface area (Å²) in [5.41, 5.74) is 1.79. The Balaban J connectivity index is 0.000000261. The number of nitriles is 1. The average Bonchev–Trinajstić information content (AvgIpc) is 3.18. The largest absolute Gasteiger partial charge is 0.356 e. The first-order chi connectivity index (χ1) is 10.7. The van der Waals surface area contributed by atoms with Gasteiger partial charge in [0.2, 0.25) is 0 Å². The number of likely N-dealkylation sites (tertiary alicyclic amines) is 1. The van der Waals surface area contributed by atoms with Crippen molar-refractivity contribution in [3.8, 4) is 6.07 Å². The molecule has 0 atom stereocenters. The first-order valence-corrected chi connectivity index (χ1v) is 15.0. The summed E-state index contributed by atoms with van der Waals surface area (Å²) in [4.78, 5) is 2.18. The van der Waals surface area contributed by atoms with Gasteiger partial charge in [-0.3, -0.25) is 0 Å². The third-order valence-corrected chi connectivity index (χ3v) is 13.7. The molecule has 0 amide bonds. The lowest BCUT2D eigenvalue weighted by Crippen LogP contribution is -2.11. The molecule has 22 heavy (non-hydrogen) atoms. The second-order valence-corrected chi connectivity index (χ2v) is 14.5. The van der Waals surface area contributed by atoms with Gasteiger partial charge >= 0.3 is 0 Å². The first-order valence-electron chi connectivity index (χ1n) is 5.69. The van der Waals surface area contributed by atoms with Crippen molar-refractivity contribution >= 4 is 81.2 Å². The van der Waals surface area contributed by atoms with Crippen LogP contribution in [0.4, 0.5) is 0 Å².